The number of benzene rings is 2. The molecule has 0 saturated carbocycles. The monoisotopic (exact) mass is 525 g/mol. The minimum Gasteiger partial charge on any atom is -0.488 e. The SMILES string of the molecule is Cc1ccc(OCc2ccc(CNCC(C)(C)O)cc2C)c(C2=CSC(N3CCC(C(=O)O)CC3)N2)c1. The number of aliphatic hydroxyl groups is 1. The van der Waals surface area contributed by atoms with Gasteiger partial charge in [0.1, 0.15) is 17.9 Å². The Hall–Kier alpha value is -2.52. The number of nitrogens with zero attached hydrogens (tertiary/aromatic N) is 1. The number of aliphatic carboxylic acids is 1. The highest BCUT2D eigenvalue weighted by molar-refractivity contribution is 8.03. The van der Waals surface area contributed by atoms with Gasteiger partial charge in [-0.05, 0) is 74.8 Å². The molecule has 8 heteroatoms. The molecule has 4 N–H and O–H groups in total. The quantitative estimate of drug-likeness (QED) is 0.361. The van der Waals surface area contributed by atoms with Gasteiger partial charge >= 0.3 is 5.97 Å². The zero-order valence-electron chi connectivity index (χ0n) is 22.2. The van der Waals surface area contributed by atoms with Crippen LogP contribution in [0.25, 0.3) is 5.70 Å². The minimum absolute atomic E-state index is 0.109. The molecule has 200 valence electrons. The maximum absolute atomic E-state index is 11.3. The number of carboxylic acids is 1. The van der Waals surface area contributed by atoms with Crippen LogP contribution in [0.4, 0.5) is 0 Å². The van der Waals surface area contributed by atoms with Crippen molar-refractivity contribution in [2.24, 2.45) is 5.92 Å². The molecule has 0 aliphatic carbocycles. The number of likely N-dealkylation sites (tertiary alicyclic amines) is 1. The summed E-state index contributed by atoms with van der Waals surface area (Å²) in [6.07, 6.45) is 1.38. The zero-order chi connectivity index (χ0) is 26.6. The summed E-state index contributed by atoms with van der Waals surface area (Å²) in [7, 11) is 0. The van der Waals surface area contributed by atoms with E-state index in [9.17, 15) is 15.0 Å². The molecule has 1 saturated heterocycles. The van der Waals surface area contributed by atoms with Crippen LogP contribution in [0.3, 0.4) is 0 Å². The average molecular weight is 526 g/mol. The molecule has 2 aromatic carbocycles. The van der Waals surface area contributed by atoms with Gasteiger partial charge in [-0.25, -0.2) is 0 Å². The Kier molecular flexibility index (Phi) is 8.85. The molecule has 0 bridgehead atoms. The Morgan fingerprint density at radius 1 is 1.19 bits per heavy atom. The van der Waals surface area contributed by atoms with E-state index in [0.29, 0.717) is 32.5 Å². The molecule has 0 radical (unpaired) electrons. The predicted octanol–water partition coefficient (Wildman–Crippen LogP) is 4.46. The number of rotatable bonds is 10. The molecule has 1 unspecified atom stereocenters. The number of carbonyl (C=O) groups is 1. The maximum Gasteiger partial charge on any atom is 0.306 e. The number of aryl methyl sites for hydroxylation is 2. The van der Waals surface area contributed by atoms with Gasteiger partial charge in [-0.2, -0.15) is 0 Å². The minimum atomic E-state index is -0.728. The standard InChI is InChI=1S/C29H39N3O4S/c1-19-5-8-26(36-16-23-7-6-21(14-20(23)2)15-30-18-29(3,4)35)24(13-19)25-17-37-28(31-25)32-11-9-22(10-12-32)27(33)34/h5-8,13-14,17,22,28,30-31,35H,9-12,15-16,18H2,1-4H3,(H,33,34). The lowest BCUT2D eigenvalue weighted by atomic mass is 9.97. The van der Waals surface area contributed by atoms with E-state index in [-0.39, 0.29) is 11.4 Å². The van der Waals surface area contributed by atoms with Gasteiger partial charge in [-0.3, -0.25) is 9.69 Å². The molecule has 4 rings (SSSR count). The summed E-state index contributed by atoms with van der Waals surface area (Å²) in [6.45, 7) is 11.1. The number of piperidine rings is 1. The van der Waals surface area contributed by atoms with E-state index in [1.165, 1.54) is 16.7 Å². The molecule has 7 nitrogen and oxygen atoms in total. The third-order valence-electron chi connectivity index (χ3n) is 6.91. The first kappa shape index (κ1) is 27.5. The van der Waals surface area contributed by atoms with E-state index in [1.54, 1.807) is 25.6 Å². The molecular formula is C29H39N3O4S. The molecule has 1 atom stereocenters. The van der Waals surface area contributed by atoms with Crippen molar-refractivity contribution in [2.75, 3.05) is 19.6 Å². The fraction of sp³-hybridized carbons (Fsp3) is 0.483. The molecule has 0 spiro atoms. The summed E-state index contributed by atoms with van der Waals surface area (Å²) < 4.78 is 6.34. The highest BCUT2D eigenvalue weighted by Gasteiger charge is 2.31. The van der Waals surface area contributed by atoms with Crippen LogP contribution < -0.4 is 15.4 Å². The van der Waals surface area contributed by atoms with Gasteiger partial charge in [0.2, 0.25) is 0 Å². The van der Waals surface area contributed by atoms with E-state index >= 15 is 0 Å². The van der Waals surface area contributed by atoms with Crippen molar-refractivity contribution in [3.8, 4) is 5.75 Å². The molecule has 2 aliphatic rings. The molecule has 2 aromatic rings. The second-order valence-electron chi connectivity index (χ2n) is 10.8. The normalized spacial score (nSPS) is 18.9. The topological polar surface area (TPSA) is 94.1 Å². The van der Waals surface area contributed by atoms with Crippen molar-refractivity contribution >= 4 is 23.4 Å². The lowest BCUT2D eigenvalue weighted by molar-refractivity contribution is -0.143. The molecule has 2 heterocycles. The summed E-state index contributed by atoms with van der Waals surface area (Å²) in [4.78, 5) is 13.6. The van der Waals surface area contributed by atoms with Gasteiger partial charge < -0.3 is 25.6 Å². The molecular weight excluding hydrogens is 486 g/mol. The molecule has 1 fully saturated rings. The summed E-state index contributed by atoms with van der Waals surface area (Å²) in [5, 5.41) is 28.3. The van der Waals surface area contributed by atoms with Gasteiger partial charge in [0.15, 0.2) is 0 Å². The van der Waals surface area contributed by atoms with Gasteiger partial charge in [-0.15, -0.1) is 0 Å². The lowest BCUT2D eigenvalue weighted by Crippen LogP contribution is -2.45. The van der Waals surface area contributed by atoms with Crippen LogP contribution in [0.2, 0.25) is 0 Å². The van der Waals surface area contributed by atoms with Crippen LogP contribution in [0, 0.1) is 19.8 Å². The Morgan fingerprint density at radius 2 is 1.95 bits per heavy atom. The first-order valence-corrected chi connectivity index (χ1v) is 13.9. The molecule has 2 aliphatic heterocycles. The Bertz CT molecular complexity index is 1140. The number of nitrogens with one attached hydrogen (secondary N) is 2. The number of hydrogen-bond donors (Lipinski definition) is 4. The number of carboxylic acid groups (broad SMARTS) is 1. The molecule has 0 aromatic heterocycles. The smallest absolute Gasteiger partial charge is 0.306 e. The van der Waals surface area contributed by atoms with Crippen LogP contribution in [0.15, 0.2) is 41.8 Å². The first-order chi connectivity index (χ1) is 17.6. The largest absolute Gasteiger partial charge is 0.488 e. The Balaban J connectivity index is 1.37. The summed E-state index contributed by atoms with van der Waals surface area (Å²) in [6, 6.07) is 12.6. The van der Waals surface area contributed by atoms with Crippen molar-refractivity contribution in [3.63, 3.8) is 0 Å². The molecule has 37 heavy (non-hydrogen) atoms. The summed E-state index contributed by atoms with van der Waals surface area (Å²) >= 11 is 1.73. The lowest BCUT2D eigenvalue weighted by Gasteiger charge is -2.34. The van der Waals surface area contributed by atoms with Gasteiger partial charge in [0, 0.05) is 31.7 Å². The van der Waals surface area contributed by atoms with Crippen LogP contribution in [-0.4, -0.2) is 51.8 Å². The predicted molar refractivity (Wildman–Crippen MR) is 149 cm³/mol. The van der Waals surface area contributed by atoms with Crippen molar-refractivity contribution in [1.29, 1.82) is 0 Å². The van der Waals surface area contributed by atoms with Gasteiger partial charge in [0.05, 0.1) is 17.2 Å². The number of ether oxygens (including phenoxy) is 1. The average Bonchev–Trinajstić information content (AvgIpc) is 3.33. The molecule has 0 amide bonds. The summed E-state index contributed by atoms with van der Waals surface area (Å²) in [5.41, 5.74) is 6.12. The third-order valence-corrected chi connectivity index (χ3v) is 7.95. The summed E-state index contributed by atoms with van der Waals surface area (Å²) in [5.74, 6) is -0.0711. The van der Waals surface area contributed by atoms with Crippen LogP contribution in [0.5, 0.6) is 5.75 Å². The first-order valence-electron chi connectivity index (χ1n) is 12.9. The second-order valence-corrected chi connectivity index (χ2v) is 11.7. The van der Waals surface area contributed by atoms with Crippen molar-refractivity contribution in [1.82, 2.24) is 15.5 Å². The number of thioether (sulfide) groups is 1. The van der Waals surface area contributed by atoms with Crippen LogP contribution in [0.1, 0.15) is 54.5 Å². The van der Waals surface area contributed by atoms with Gasteiger partial charge in [-0.1, -0.05) is 41.6 Å². The number of hydrogen-bond acceptors (Lipinski definition) is 7. The highest BCUT2D eigenvalue weighted by atomic mass is 32.2. The fourth-order valence-corrected chi connectivity index (χ4v) is 5.75. The van der Waals surface area contributed by atoms with Crippen LogP contribution >= 0.6 is 11.8 Å². The van der Waals surface area contributed by atoms with Gasteiger partial charge in [0.25, 0.3) is 0 Å². The van der Waals surface area contributed by atoms with E-state index < -0.39 is 11.6 Å². The zero-order valence-corrected chi connectivity index (χ0v) is 23.0. The van der Waals surface area contributed by atoms with Crippen LogP contribution in [-0.2, 0) is 17.9 Å². The van der Waals surface area contributed by atoms with Crippen molar-refractivity contribution < 1.29 is 19.7 Å². The Morgan fingerprint density at radius 3 is 2.62 bits per heavy atom. The van der Waals surface area contributed by atoms with E-state index in [2.05, 4.69) is 65.1 Å². The third kappa shape index (κ3) is 7.51. The Labute approximate surface area is 224 Å². The maximum atomic E-state index is 11.3. The second kappa shape index (κ2) is 11.9. The van der Waals surface area contributed by atoms with Crippen molar-refractivity contribution in [2.45, 2.75) is 64.8 Å². The van der Waals surface area contributed by atoms with Crippen molar-refractivity contribution in [3.05, 3.63) is 69.6 Å². The highest BCUT2D eigenvalue weighted by Crippen LogP contribution is 2.36. The van der Waals surface area contributed by atoms with E-state index in [1.807, 2.05) is 6.07 Å². The fourth-order valence-electron chi connectivity index (χ4n) is 4.71. The van der Waals surface area contributed by atoms with E-state index in [4.69, 9.17) is 4.74 Å². The van der Waals surface area contributed by atoms with E-state index in [0.717, 1.165) is 35.7 Å².